The number of pyridine rings is 1. The molecule has 3 atom stereocenters. The van der Waals surface area contributed by atoms with Gasteiger partial charge in [0.25, 0.3) is 0 Å². The molecule has 0 radical (unpaired) electrons. The Morgan fingerprint density at radius 3 is 2.85 bits per heavy atom. The van der Waals surface area contributed by atoms with Crippen molar-refractivity contribution in [2.75, 3.05) is 19.6 Å². The number of hydrogen-bond donors (Lipinski definition) is 1. The standard InChI is InChI=1S/C23H25N3/c1-2-7-20(8-3-1)23-10-11-26(17-23)21(13-23)16-24-14-18-12-19-6-4-5-9-22(19)25-15-18/h1-9,12,15,21,24H,10-11,13-14,16-17H2. The van der Waals surface area contributed by atoms with Crippen molar-refractivity contribution in [3.8, 4) is 0 Å². The van der Waals surface area contributed by atoms with Crippen LogP contribution < -0.4 is 5.32 Å². The Kier molecular flexibility index (Phi) is 3.99. The smallest absolute Gasteiger partial charge is 0.0702 e. The monoisotopic (exact) mass is 343 g/mol. The zero-order chi connectivity index (χ0) is 17.4. The van der Waals surface area contributed by atoms with Crippen molar-refractivity contribution in [2.24, 2.45) is 0 Å². The molecule has 0 saturated carbocycles. The molecular weight excluding hydrogens is 318 g/mol. The van der Waals surface area contributed by atoms with E-state index in [9.17, 15) is 0 Å². The van der Waals surface area contributed by atoms with E-state index >= 15 is 0 Å². The Bertz CT molecular complexity index is 907. The molecule has 0 amide bonds. The Labute approximate surface area is 155 Å². The van der Waals surface area contributed by atoms with Crippen LogP contribution in [0.25, 0.3) is 10.9 Å². The summed E-state index contributed by atoms with van der Waals surface area (Å²) in [4.78, 5) is 7.25. The van der Waals surface area contributed by atoms with E-state index < -0.39 is 0 Å². The highest BCUT2D eigenvalue weighted by atomic mass is 15.2. The molecule has 1 N–H and O–H groups in total. The first-order valence-electron chi connectivity index (χ1n) is 9.66. The quantitative estimate of drug-likeness (QED) is 0.765. The maximum atomic E-state index is 4.57. The molecule has 2 saturated heterocycles. The molecule has 2 aromatic carbocycles. The maximum Gasteiger partial charge on any atom is 0.0702 e. The van der Waals surface area contributed by atoms with Gasteiger partial charge in [0.05, 0.1) is 5.52 Å². The third kappa shape index (κ3) is 2.81. The SMILES string of the molecule is c1ccc(C23CCN(C2)C(CNCc2cnc4ccccc4c2)C3)cc1. The van der Waals surface area contributed by atoms with Crippen LogP contribution in [0.4, 0.5) is 0 Å². The highest BCUT2D eigenvalue weighted by Crippen LogP contribution is 2.46. The third-order valence-corrected chi connectivity index (χ3v) is 6.27. The molecule has 3 unspecified atom stereocenters. The molecule has 3 aromatic rings. The number of rotatable bonds is 5. The minimum atomic E-state index is 0.387. The molecule has 2 aliphatic rings. The summed E-state index contributed by atoms with van der Waals surface area (Å²) in [5.74, 6) is 0. The van der Waals surface area contributed by atoms with Crippen LogP contribution in [-0.2, 0) is 12.0 Å². The molecule has 2 bridgehead atoms. The van der Waals surface area contributed by atoms with E-state index in [1.54, 1.807) is 0 Å². The van der Waals surface area contributed by atoms with Crippen molar-refractivity contribution in [1.29, 1.82) is 0 Å². The average Bonchev–Trinajstić information content (AvgIpc) is 3.29. The number of nitrogens with one attached hydrogen (secondary N) is 1. The Morgan fingerprint density at radius 1 is 1.08 bits per heavy atom. The van der Waals surface area contributed by atoms with Crippen LogP contribution in [0.1, 0.15) is 24.0 Å². The summed E-state index contributed by atoms with van der Waals surface area (Å²) >= 11 is 0. The molecule has 3 heteroatoms. The second-order valence-electron chi connectivity index (χ2n) is 7.89. The van der Waals surface area contributed by atoms with Gasteiger partial charge in [0.2, 0.25) is 0 Å². The first kappa shape index (κ1) is 16.0. The largest absolute Gasteiger partial charge is 0.311 e. The number of fused-ring (bicyclic) bond motifs is 3. The summed E-state index contributed by atoms with van der Waals surface area (Å²) in [6.07, 6.45) is 4.59. The predicted octanol–water partition coefficient (Wildman–Crippen LogP) is 3.74. The van der Waals surface area contributed by atoms with Crippen LogP contribution in [0.15, 0.2) is 66.9 Å². The highest BCUT2D eigenvalue weighted by Gasteiger charge is 2.49. The fraction of sp³-hybridized carbons (Fsp3) is 0.348. The van der Waals surface area contributed by atoms with Crippen molar-refractivity contribution in [3.05, 3.63) is 78.0 Å². The lowest BCUT2D eigenvalue weighted by Gasteiger charge is -2.30. The van der Waals surface area contributed by atoms with Crippen LogP contribution in [0.3, 0.4) is 0 Å². The van der Waals surface area contributed by atoms with E-state index in [-0.39, 0.29) is 0 Å². The molecule has 0 spiro atoms. The number of para-hydroxylation sites is 1. The van der Waals surface area contributed by atoms with Gasteiger partial charge < -0.3 is 5.32 Å². The number of benzene rings is 2. The van der Waals surface area contributed by atoms with Crippen molar-refractivity contribution in [3.63, 3.8) is 0 Å². The third-order valence-electron chi connectivity index (χ3n) is 6.27. The summed E-state index contributed by atoms with van der Waals surface area (Å²) < 4.78 is 0. The number of nitrogens with zero attached hydrogens (tertiary/aromatic N) is 2. The van der Waals surface area contributed by atoms with Gasteiger partial charge in [0.15, 0.2) is 0 Å². The zero-order valence-electron chi connectivity index (χ0n) is 15.1. The summed E-state index contributed by atoms with van der Waals surface area (Å²) in [6, 6.07) is 22.4. The minimum absolute atomic E-state index is 0.387. The summed E-state index contributed by atoms with van der Waals surface area (Å²) in [5, 5.41) is 4.90. The molecule has 3 heterocycles. The molecule has 2 aliphatic heterocycles. The van der Waals surface area contributed by atoms with E-state index in [1.165, 1.54) is 42.4 Å². The molecule has 3 nitrogen and oxygen atoms in total. The van der Waals surface area contributed by atoms with E-state index in [4.69, 9.17) is 0 Å². The zero-order valence-corrected chi connectivity index (χ0v) is 15.1. The topological polar surface area (TPSA) is 28.2 Å². The fourth-order valence-corrected chi connectivity index (χ4v) is 4.91. The Balaban J connectivity index is 1.22. The summed E-state index contributed by atoms with van der Waals surface area (Å²) in [7, 11) is 0. The molecule has 26 heavy (non-hydrogen) atoms. The van der Waals surface area contributed by atoms with Crippen LogP contribution >= 0.6 is 0 Å². The van der Waals surface area contributed by atoms with Crippen molar-refractivity contribution < 1.29 is 0 Å². The number of aromatic nitrogens is 1. The first-order chi connectivity index (χ1) is 12.8. The summed E-state index contributed by atoms with van der Waals surface area (Å²) in [5.41, 5.74) is 4.25. The lowest BCUT2D eigenvalue weighted by Crippen LogP contribution is -2.39. The van der Waals surface area contributed by atoms with Gasteiger partial charge in [-0.1, -0.05) is 48.5 Å². The van der Waals surface area contributed by atoms with Crippen molar-refractivity contribution >= 4 is 10.9 Å². The maximum absolute atomic E-state index is 4.57. The molecular formula is C23H25N3. The van der Waals surface area contributed by atoms with Crippen LogP contribution in [0.5, 0.6) is 0 Å². The van der Waals surface area contributed by atoms with E-state index in [0.717, 1.165) is 18.6 Å². The lowest BCUT2D eigenvalue weighted by atomic mass is 9.76. The second-order valence-corrected chi connectivity index (χ2v) is 7.89. The fourth-order valence-electron chi connectivity index (χ4n) is 4.91. The van der Waals surface area contributed by atoms with E-state index in [1.807, 2.05) is 12.3 Å². The van der Waals surface area contributed by atoms with Gasteiger partial charge in [0.1, 0.15) is 0 Å². The number of hydrogen-bond acceptors (Lipinski definition) is 3. The second kappa shape index (κ2) is 6.49. The van der Waals surface area contributed by atoms with Gasteiger partial charge in [-0.05, 0) is 42.6 Å². The Morgan fingerprint density at radius 2 is 1.92 bits per heavy atom. The first-order valence-corrected chi connectivity index (χ1v) is 9.66. The van der Waals surface area contributed by atoms with E-state index in [0.29, 0.717) is 11.5 Å². The van der Waals surface area contributed by atoms with Crippen molar-refractivity contribution in [1.82, 2.24) is 15.2 Å². The lowest BCUT2D eigenvalue weighted by molar-refractivity contribution is 0.250. The van der Waals surface area contributed by atoms with Crippen LogP contribution in [-0.4, -0.2) is 35.6 Å². The van der Waals surface area contributed by atoms with Gasteiger partial charge in [-0.3, -0.25) is 9.88 Å². The molecule has 2 fully saturated rings. The van der Waals surface area contributed by atoms with E-state index in [2.05, 4.69) is 69.8 Å². The summed E-state index contributed by atoms with van der Waals surface area (Å²) in [6.45, 7) is 4.40. The van der Waals surface area contributed by atoms with Crippen molar-refractivity contribution in [2.45, 2.75) is 30.8 Å². The van der Waals surface area contributed by atoms with Gasteiger partial charge in [0, 0.05) is 42.7 Å². The van der Waals surface area contributed by atoms with Gasteiger partial charge in [-0.25, -0.2) is 0 Å². The normalized spacial score (nSPS) is 27.2. The molecule has 1 aromatic heterocycles. The highest BCUT2D eigenvalue weighted by molar-refractivity contribution is 5.78. The van der Waals surface area contributed by atoms with Gasteiger partial charge >= 0.3 is 0 Å². The average molecular weight is 343 g/mol. The molecule has 5 rings (SSSR count). The molecule has 0 aliphatic carbocycles. The van der Waals surface area contributed by atoms with Crippen LogP contribution in [0, 0.1) is 0 Å². The van der Waals surface area contributed by atoms with Gasteiger partial charge in [-0.2, -0.15) is 0 Å². The predicted molar refractivity (Wildman–Crippen MR) is 106 cm³/mol. The number of piperidine rings is 1. The van der Waals surface area contributed by atoms with Crippen LogP contribution in [0.2, 0.25) is 0 Å². The Hall–Kier alpha value is -2.23. The minimum Gasteiger partial charge on any atom is -0.311 e. The van der Waals surface area contributed by atoms with Gasteiger partial charge in [-0.15, -0.1) is 0 Å². The molecule has 132 valence electrons.